The highest BCUT2D eigenvalue weighted by Crippen LogP contribution is 2.27. The van der Waals surface area contributed by atoms with Crippen LogP contribution < -0.4 is 10.1 Å². The summed E-state index contributed by atoms with van der Waals surface area (Å²) in [5.41, 5.74) is 2.92. The van der Waals surface area contributed by atoms with Crippen LogP contribution in [-0.2, 0) is 17.8 Å². The van der Waals surface area contributed by atoms with Crippen molar-refractivity contribution in [3.63, 3.8) is 0 Å². The first-order valence-electron chi connectivity index (χ1n) is 9.75. The second kappa shape index (κ2) is 8.27. The van der Waals surface area contributed by atoms with Gasteiger partial charge in [-0.2, -0.15) is 0 Å². The molecule has 0 bridgehead atoms. The number of rotatable bonds is 5. The Kier molecular flexibility index (Phi) is 5.57. The van der Waals surface area contributed by atoms with E-state index in [1.807, 2.05) is 43.3 Å². The first-order chi connectivity index (χ1) is 13.6. The number of anilines is 1. The largest absolute Gasteiger partial charge is 0.497 e. The van der Waals surface area contributed by atoms with Crippen molar-refractivity contribution in [2.45, 2.75) is 49.3 Å². The fraction of sp³-hybridized carbons (Fsp3) is 0.364. The van der Waals surface area contributed by atoms with E-state index < -0.39 is 0 Å². The number of benzene rings is 2. The Balaban J connectivity index is 1.45. The van der Waals surface area contributed by atoms with Gasteiger partial charge in [-0.05, 0) is 62.2 Å². The molecule has 1 amide bonds. The summed E-state index contributed by atoms with van der Waals surface area (Å²) < 4.78 is 7.51. The number of imidazole rings is 1. The van der Waals surface area contributed by atoms with Crippen LogP contribution >= 0.6 is 11.8 Å². The molecule has 0 saturated heterocycles. The minimum absolute atomic E-state index is 0.0130. The summed E-state index contributed by atoms with van der Waals surface area (Å²) in [7, 11) is 1.65. The van der Waals surface area contributed by atoms with Gasteiger partial charge in [0.1, 0.15) is 11.6 Å². The van der Waals surface area contributed by atoms with Gasteiger partial charge < -0.3 is 14.6 Å². The number of hydrogen-bond acceptors (Lipinski definition) is 4. The zero-order valence-electron chi connectivity index (χ0n) is 16.3. The molecule has 1 N–H and O–H groups in total. The Morgan fingerprint density at radius 3 is 2.79 bits per heavy atom. The molecule has 0 saturated carbocycles. The molecule has 1 unspecified atom stereocenters. The van der Waals surface area contributed by atoms with Crippen LogP contribution in [0.5, 0.6) is 5.75 Å². The van der Waals surface area contributed by atoms with Gasteiger partial charge in [-0.15, -0.1) is 11.8 Å². The first-order valence-corrected chi connectivity index (χ1v) is 10.6. The molecule has 0 spiro atoms. The molecular formula is C22H25N3O2S. The molecule has 2 aromatic carbocycles. The SMILES string of the molecule is COc1ccc(SC(C)C(=O)Nc2ccc3c(c2)nc2n3CCCCC2)cc1. The topological polar surface area (TPSA) is 56.1 Å². The van der Waals surface area contributed by atoms with Gasteiger partial charge >= 0.3 is 0 Å². The zero-order valence-corrected chi connectivity index (χ0v) is 17.1. The predicted molar refractivity (Wildman–Crippen MR) is 114 cm³/mol. The van der Waals surface area contributed by atoms with E-state index in [2.05, 4.69) is 16.0 Å². The fourth-order valence-electron chi connectivity index (χ4n) is 3.58. The van der Waals surface area contributed by atoms with E-state index in [4.69, 9.17) is 9.72 Å². The number of aryl methyl sites for hydroxylation is 2. The summed E-state index contributed by atoms with van der Waals surface area (Å²) in [6, 6.07) is 13.8. The highest BCUT2D eigenvalue weighted by molar-refractivity contribution is 8.00. The highest BCUT2D eigenvalue weighted by atomic mass is 32.2. The van der Waals surface area contributed by atoms with Crippen LogP contribution in [0.15, 0.2) is 47.4 Å². The summed E-state index contributed by atoms with van der Waals surface area (Å²) in [5.74, 6) is 1.97. The van der Waals surface area contributed by atoms with E-state index in [9.17, 15) is 4.79 Å². The van der Waals surface area contributed by atoms with Crippen LogP contribution in [0.3, 0.4) is 0 Å². The van der Waals surface area contributed by atoms with Crippen LogP contribution in [0.25, 0.3) is 11.0 Å². The van der Waals surface area contributed by atoms with E-state index >= 15 is 0 Å². The maximum absolute atomic E-state index is 12.6. The lowest BCUT2D eigenvalue weighted by atomic mass is 10.2. The molecule has 2 heterocycles. The molecule has 1 atom stereocenters. The Labute approximate surface area is 169 Å². The number of carbonyl (C=O) groups is 1. The monoisotopic (exact) mass is 395 g/mol. The second-order valence-electron chi connectivity index (χ2n) is 7.12. The Morgan fingerprint density at radius 2 is 2.00 bits per heavy atom. The maximum atomic E-state index is 12.6. The van der Waals surface area contributed by atoms with Crippen molar-refractivity contribution >= 4 is 34.4 Å². The number of ether oxygens (including phenoxy) is 1. The lowest BCUT2D eigenvalue weighted by molar-refractivity contribution is -0.115. The van der Waals surface area contributed by atoms with Gasteiger partial charge in [0, 0.05) is 23.5 Å². The quantitative estimate of drug-likeness (QED) is 0.625. The van der Waals surface area contributed by atoms with E-state index in [0.717, 1.165) is 40.3 Å². The molecule has 1 aliphatic heterocycles. The summed E-state index contributed by atoms with van der Waals surface area (Å²) in [5, 5.41) is 2.83. The van der Waals surface area contributed by atoms with E-state index in [1.54, 1.807) is 7.11 Å². The van der Waals surface area contributed by atoms with Gasteiger partial charge in [0.2, 0.25) is 5.91 Å². The number of fused-ring (bicyclic) bond motifs is 3. The minimum atomic E-state index is -0.206. The van der Waals surface area contributed by atoms with Crippen molar-refractivity contribution < 1.29 is 9.53 Å². The summed E-state index contributed by atoms with van der Waals surface area (Å²) in [6.07, 6.45) is 4.71. The fourth-order valence-corrected chi connectivity index (χ4v) is 4.45. The average Bonchev–Trinajstić information content (AvgIpc) is 2.88. The number of hydrogen-bond donors (Lipinski definition) is 1. The molecule has 28 heavy (non-hydrogen) atoms. The highest BCUT2D eigenvalue weighted by Gasteiger charge is 2.17. The van der Waals surface area contributed by atoms with Gasteiger partial charge in [-0.3, -0.25) is 4.79 Å². The molecule has 5 nitrogen and oxygen atoms in total. The number of amides is 1. The molecule has 3 aromatic rings. The molecule has 0 fully saturated rings. The Morgan fingerprint density at radius 1 is 1.18 bits per heavy atom. The number of aromatic nitrogens is 2. The summed E-state index contributed by atoms with van der Waals surface area (Å²) in [4.78, 5) is 18.5. The van der Waals surface area contributed by atoms with Crippen molar-refractivity contribution in [2.75, 3.05) is 12.4 Å². The Bertz CT molecular complexity index is 981. The normalized spacial score (nSPS) is 14.9. The molecular weight excluding hydrogens is 370 g/mol. The molecule has 1 aliphatic rings. The number of carbonyl (C=O) groups excluding carboxylic acids is 1. The molecule has 0 radical (unpaired) electrons. The van der Waals surface area contributed by atoms with Gasteiger partial charge in [-0.1, -0.05) is 6.42 Å². The molecule has 0 aliphatic carbocycles. The number of methoxy groups -OCH3 is 1. The summed E-state index contributed by atoms with van der Waals surface area (Å²) in [6.45, 7) is 2.95. The lowest BCUT2D eigenvalue weighted by Gasteiger charge is -2.12. The Hall–Kier alpha value is -2.47. The van der Waals surface area contributed by atoms with Crippen LogP contribution in [0.4, 0.5) is 5.69 Å². The van der Waals surface area contributed by atoms with Crippen LogP contribution in [0.1, 0.15) is 32.0 Å². The third-order valence-electron chi connectivity index (χ3n) is 5.12. The minimum Gasteiger partial charge on any atom is -0.497 e. The lowest BCUT2D eigenvalue weighted by Crippen LogP contribution is -2.22. The number of nitrogens with one attached hydrogen (secondary N) is 1. The van der Waals surface area contributed by atoms with Crippen molar-refractivity contribution in [1.29, 1.82) is 0 Å². The maximum Gasteiger partial charge on any atom is 0.237 e. The summed E-state index contributed by atoms with van der Waals surface area (Å²) >= 11 is 1.53. The van der Waals surface area contributed by atoms with Gasteiger partial charge in [0.25, 0.3) is 0 Å². The van der Waals surface area contributed by atoms with Crippen molar-refractivity contribution in [2.24, 2.45) is 0 Å². The van der Waals surface area contributed by atoms with Gasteiger partial charge in [0.15, 0.2) is 0 Å². The van der Waals surface area contributed by atoms with Gasteiger partial charge in [-0.25, -0.2) is 4.98 Å². The van der Waals surface area contributed by atoms with Crippen LogP contribution in [0, 0.1) is 0 Å². The van der Waals surface area contributed by atoms with Crippen molar-refractivity contribution in [3.05, 3.63) is 48.3 Å². The third kappa shape index (κ3) is 4.02. The first kappa shape index (κ1) is 18.9. The van der Waals surface area contributed by atoms with Gasteiger partial charge in [0.05, 0.1) is 23.4 Å². The molecule has 6 heteroatoms. The third-order valence-corrected chi connectivity index (χ3v) is 6.23. The van der Waals surface area contributed by atoms with Crippen molar-refractivity contribution in [1.82, 2.24) is 9.55 Å². The van der Waals surface area contributed by atoms with Crippen LogP contribution in [-0.4, -0.2) is 27.8 Å². The van der Waals surface area contributed by atoms with E-state index in [-0.39, 0.29) is 11.2 Å². The van der Waals surface area contributed by atoms with Crippen molar-refractivity contribution in [3.8, 4) is 5.75 Å². The zero-order chi connectivity index (χ0) is 19.5. The molecule has 146 valence electrons. The average molecular weight is 396 g/mol. The second-order valence-corrected chi connectivity index (χ2v) is 8.53. The number of thioether (sulfide) groups is 1. The predicted octanol–water partition coefficient (Wildman–Crippen LogP) is 4.89. The van der Waals surface area contributed by atoms with E-state index in [0.29, 0.717) is 0 Å². The van der Waals surface area contributed by atoms with Crippen LogP contribution in [0.2, 0.25) is 0 Å². The number of nitrogens with zero attached hydrogens (tertiary/aromatic N) is 2. The molecule has 1 aromatic heterocycles. The van der Waals surface area contributed by atoms with E-state index in [1.165, 1.54) is 36.8 Å². The smallest absolute Gasteiger partial charge is 0.237 e. The molecule has 4 rings (SSSR count). The standard InChI is InChI=1S/C22H25N3O2S/c1-15(28-18-10-8-17(27-2)9-11-18)22(26)23-16-7-12-20-19(14-16)24-21-6-4-3-5-13-25(20)21/h7-12,14-15H,3-6,13H2,1-2H3,(H,23,26).